The Kier molecular flexibility index (Phi) is 6.52. The Balaban J connectivity index is 3.29. The van der Waals surface area contributed by atoms with Crippen LogP contribution in [-0.2, 0) is 19.6 Å². The molecule has 1 aromatic carbocycles. The van der Waals surface area contributed by atoms with Crippen molar-refractivity contribution in [3.8, 4) is 0 Å². The van der Waals surface area contributed by atoms with Crippen LogP contribution in [0.3, 0.4) is 0 Å². The standard InChI is InChI=1S/C15H24N2O4S/c1-6-17(7-2)22(19,20)13-8-11(3)12(4)14(9-13)16-15(18)10-21-5/h8-9H,6-7,10H2,1-5H3,(H,16,18). The van der Waals surface area contributed by atoms with Crippen LogP contribution in [0.25, 0.3) is 0 Å². The Labute approximate surface area is 132 Å². The molecule has 22 heavy (non-hydrogen) atoms. The van der Waals surface area contributed by atoms with Gasteiger partial charge in [0, 0.05) is 25.9 Å². The SMILES string of the molecule is CCN(CC)S(=O)(=O)c1cc(C)c(C)c(NC(=O)COC)c1. The largest absolute Gasteiger partial charge is 0.375 e. The fraction of sp³-hybridized carbons (Fsp3) is 0.533. The molecule has 0 bridgehead atoms. The lowest BCUT2D eigenvalue weighted by atomic mass is 10.1. The van der Waals surface area contributed by atoms with Crippen LogP contribution in [0.1, 0.15) is 25.0 Å². The Bertz CT molecular complexity index is 637. The van der Waals surface area contributed by atoms with Crippen molar-refractivity contribution in [2.75, 3.05) is 32.1 Å². The molecule has 0 unspecified atom stereocenters. The number of carbonyl (C=O) groups is 1. The molecule has 0 aliphatic rings. The summed E-state index contributed by atoms with van der Waals surface area (Å²) in [6.07, 6.45) is 0. The number of benzene rings is 1. The number of rotatable bonds is 7. The van der Waals surface area contributed by atoms with E-state index in [2.05, 4.69) is 5.32 Å². The van der Waals surface area contributed by atoms with Gasteiger partial charge in [-0.05, 0) is 37.1 Å². The summed E-state index contributed by atoms with van der Waals surface area (Å²) < 4.78 is 31.4. The minimum Gasteiger partial charge on any atom is -0.375 e. The van der Waals surface area contributed by atoms with E-state index in [-0.39, 0.29) is 17.4 Å². The van der Waals surface area contributed by atoms with Crippen molar-refractivity contribution < 1.29 is 17.9 Å². The summed E-state index contributed by atoms with van der Waals surface area (Å²) in [5.41, 5.74) is 2.14. The van der Waals surface area contributed by atoms with Gasteiger partial charge in [-0.3, -0.25) is 4.79 Å². The average Bonchev–Trinajstić information content (AvgIpc) is 2.44. The highest BCUT2D eigenvalue weighted by Gasteiger charge is 2.23. The van der Waals surface area contributed by atoms with Crippen LogP contribution in [-0.4, -0.2) is 45.4 Å². The van der Waals surface area contributed by atoms with E-state index in [4.69, 9.17) is 4.74 Å². The number of hydrogen-bond acceptors (Lipinski definition) is 4. The Morgan fingerprint density at radius 3 is 2.32 bits per heavy atom. The molecule has 1 N–H and O–H groups in total. The lowest BCUT2D eigenvalue weighted by molar-refractivity contribution is -0.119. The maximum absolute atomic E-state index is 12.6. The molecule has 0 atom stereocenters. The highest BCUT2D eigenvalue weighted by atomic mass is 32.2. The molecule has 7 heteroatoms. The zero-order valence-corrected chi connectivity index (χ0v) is 14.6. The average molecular weight is 328 g/mol. The fourth-order valence-electron chi connectivity index (χ4n) is 2.13. The van der Waals surface area contributed by atoms with Crippen LogP contribution in [0.5, 0.6) is 0 Å². The van der Waals surface area contributed by atoms with Crippen LogP contribution in [0.2, 0.25) is 0 Å². The predicted octanol–water partition coefficient (Wildman–Crippen LogP) is 1.92. The van der Waals surface area contributed by atoms with Gasteiger partial charge in [-0.25, -0.2) is 8.42 Å². The lowest BCUT2D eigenvalue weighted by Gasteiger charge is -2.20. The molecule has 0 aliphatic heterocycles. The molecular weight excluding hydrogens is 304 g/mol. The maximum atomic E-state index is 12.6. The van der Waals surface area contributed by atoms with Crippen LogP contribution in [0, 0.1) is 13.8 Å². The van der Waals surface area contributed by atoms with E-state index in [9.17, 15) is 13.2 Å². The van der Waals surface area contributed by atoms with Crippen LogP contribution < -0.4 is 5.32 Å². The maximum Gasteiger partial charge on any atom is 0.250 e. The van der Waals surface area contributed by atoms with Gasteiger partial charge in [-0.2, -0.15) is 4.31 Å². The highest BCUT2D eigenvalue weighted by Crippen LogP contribution is 2.26. The number of nitrogens with zero attached hydrogens (tertiary/aromatic N) is 1. The summed E-state index contributed by atoms with van der Waals surface area (Å²) in [7, 11) is -2.13. The molecule has 0 heterocycles. The van der Waals surface area contributed by atoms with E-state index in [0.29, 0.717) is 18.8 Å². The Hall–Kier alpha value is -1.44. The number of sulfonamides is 1. The third-order valence-corrected chi connectivity index (χ3v) is 5.56. The van der Waals surface area contributed by atoms with E-state index in [1.807, 2.05) is 13.8 Å². The summed E-state index contributed by atoms with van der Waals surface area (Å²) in [5.74, 6) is -0.317. The molecule has 0 aliphatic carbocycles. The molecule has 1 rings (SSSR count). The molecule has 0 saturated heterocycles. The first-order valence-corrected chi connectivity index (χ1v) is 8.62. The van der Waals surface area contributed by atoms with E-state index < -0.39 is 10.0 Å². The monoisotopic (exact) mass is 328 g/mol. The molecule has 0 radical (unpaired) electrons. The lowest BCUT2D eigenvalue weighted by Crippen LogP contribution is -2.30. The molecule has 6 nitrogen and oxygen atoms in total. The van der Waals surface area contributed by atoms with E-state index >= 15 is 0 Å². The number of aryl methyl sites for hydroxylation is 1. The molecule has 124 valence electrons. The smallest absolute Gasteiger partial charge is 0.250 e. The first kappa shape index (κ1) is 18.6. The van der Waals surface area contributed by atoms with Crippen LogP contribution in [0.15, 0.2) is 17.0 Å². The van der Waals surface area contributed by atoms with Crippen molar-refractivity contribution in [1.82, 2.24) is 4.31 Å². The molecular formula is C15H24N2O4S. The van der Waals surface area contributed by atoms with Gasteiger partial charge >= 0.3 is 0 Å². The second kappa shape index (κ2) is 7.71. The zero-order chi connectivity index (χ0) is 16.9. The number of amides is 1. The number of ether oxygens (including phenoxy) is 1. The third kappa shape index (κ3) is 4.06. The highest BCUT2D eigenvalue weighted by molar-refractivity contribution is 7.89. The van der Waals surface area contributed by atoms with E-state index in [1.165, 1.54) is 17.5 Å². The molecule has 0 aromatic heterocycles. The minimum atomic E-state index is -3.56. The van der Waals surface area contributed by atoms with Gasteiger partial charge in [0.05, 0.1) is 4.90 Å². The van der Waals surface area contributed by atoms with Gasteiger partial charge in [0.1, 0.15) is 6.61 Å². The minimum absolute atomic E-state index is 0.0779. The summed E-state index contributed by atoms with van der Waals surface area (Å²) in [5, 5.41) is 2.69. The summed E-state index contributed by atoms with van der Waals surface area (Å²) >= 11 is 0. The Morgan fingerprint density at radius 1 is 1.23 bits per heavy atom. The zero-order valence-electron chi connectivity index (χ0n) is 13.8. The summed E-state index contributed by atoms with van der Waals surface area (Å²) in [4.78, 5) is 11.9. The van der Waals surface area contributed by atoms with Gasteiger partial charge in [0.25, 0.3) is 0 Å². The van der Waals surface area contributed by atoms with Crippen molar-refractivity contribution in [2.24, 2.45) is 0 Å². The normalized spacial score (nSPS) is 11.7. The van der Waals surface area contributed by atoms with Crippen LogP contribution in [0.4, 0.5) is 5.69 Å². The van der Waals surface area contributed by atoms with Gasteiger partial charge in [0.15, 0.2) is 0 Å². The van der Waals surface area contributed by atoms with Gasteiger partial charge in [-0.1, -0.05) is 13.8 Å². The number of carbonyl (C=O) groups excluding carboxylic acids is 1. The number of methoxy groups -OCH3 is 1. The fourth-order valence-corrected chi connectivity index (χ4v) is 3.71. The van der Waals surface area contributed by atoms with Crippen molar-refractivity contribution in [1.29, 1.82) is 0 Å². The van der Waals surface area contributed by atoms with Crippen molar-refractivity contribution in [2.45, 2.75) is 32.6 Å². The van der Waals surface area contributed by atoms with Crippen LogP contribution >= 0.6 is 0 Å². The number of anilines is 1. The van der Waals surface area contributed by atoms with Gasteiger partial charge in [-0.15, -0.1) is 0 Å². The molecule has 1 amide bonds. The predicted molar refractivity (Wildman–Crippen MR) is 86.5 cm³/mol. The summed E-state index contributed by atoms with van der Waals surface area (Å²) in [6.45, 7) is 7.97. The first-order chi connectivity index (χ1) is 10.3. The van der Waals surface area contributed by atoms with Gasteiger partial charge in [0.2, 0.25) is 15.9 Å². The van der Waals surface area contributed by atoms with Crippen molar-refractivity contribution in [3.05, 3.63) is 23.3 Å². The molecule has 0 fully saturated rings. The topological polar surface area (TPSA) is 75.7 Å². The van der Waals surface area contributed by atoms with Crippen molar-refractivity contribution in [3.63, 3.8) is 0 Å². The second-order valence-electron chi connectivity index (χ2n) is 4.98. The molecule has 0 spiro atoms. The van der Waals surface area contributed by atoms with E-state index in [1.54, 1.807) is 19.9 Å². The molecule has 0 saturated carbocycles. The summed E-state index contributed by atoms with van der Waals surface area (Å²) in [6, 6.07) is 3.14. The second-order valence-corrected chi connectivity index (χ2v) is 6.92. The third-order valence-electron chi connectivity index (χ3n) is 3.53. The first-order valence-electron chi connectivity index (χ1n) is 7.18. The number of hydrogen-bond donors (Lipinski definition) is 1. The number of nitrogens with one attached hydrogen (secondary N) is 1. The quantitative estimate of drug-likeness (QED) is 0.830. The van der Waals surface area contributed by atoms with E-state index in [0.717, 1.165) is 11.1 Å². The van der Waals surface area contributed by atoms with Crippen molar-refractivity contribution >= 4 is 21.6 Å². The molecule has 1 aromatic rings. The van der Waals surface area contributed by atoms with Gasteiger partial charge < -0.3 is 10.1 Å². The Morgan fingerprint density at radius 2 is 1.82 bits per heavy atom.